The molecule has 2 aliphatic heterocycles. The van der Waals surface area contributed by atoms with Crippen LogP contribution in [0.25, 0.3) is 0 Å². The van der Waals surface area contributed by atoms with E-state index in [0.717, 1.165) is 76.6 Å². The molecule has 2 aromatic rings. The SMILES string of the molecule is Nc1nc2c(c(N3CCCN(Cc4cccnc4)CC3)n1)CCNCC2. The lowest BCUT2D eigenvalue weighted by Crippen LogP contribution is -2.32. The van der Waals surface area contributed by atoms with Crippen molar-refractivity contribution in [2.24, 2.45) is 0 Å². The normalized spacial score (nSPS) is 18.8. The van der Waals surface area contributed by atoms with Crippen LogP contribution in [-0.2, 0) is 19.4 Å². The Morgan fingerprint density at radius 3 is 2.88 bits per heavy atom. The Kier molecular flexibility index (Phi) is 5.26. The average molecular weight is 353 g/mol. The molecular formula is C19H27N7. The first-order valence-electron chi connectivity index (χ1n) is 9.52. The molecule has 0 bridgehead atoms. The Balaban J connectivity index is 1.50. The summed E-state index contributed by atoms with van der Waals surface area (Å²) in [4.78, 5) is 18.3. The summed E-state index contributed by atoms with van der Waals surface area (Å²) < 4.78 is 0. The van der Waals surface area contributed by atoms with E-state index >= 15 is 0 Å². The van der Waals surface area contributed by atoms with Gasteiger partial charge in [-0.15, -0.1) is 0 Å². The number of nitrogen functional groups attached to an aromatic ring is 1. The molecule has 2 aliphatic rings. The van der Waals surface area contributed by atoms with Crippen molar-refractivity contribution >= 4 is 11.8 Å². The van der Waals surface area contributed by atoms with Crippen LogP contribution in [0.15, 0.2) is 24.5 Å². The zero-order valence-corrected chi connectivity index (χ0v) is 15.2. The van der Waals surface area contributed by atoms with E-state index < -0.39 is 0 Å². The minimum atomic E-state index is 0.400. The van der Waals surface area contributed by atoms with E-state index in [1.807, 2.05) is 18.5 Å². The predicted molar refractivity (Wildman–Crippen MR) is 103 cm³/mol. The van der Waals surface area contributed by atoms with Crippen molar-refractivity contribution in [3.8, 4) is 0 Å². The Labute approximate surface area is 154 Å². The Bertz CT molecular complexity index is 734. The number of fused-ring (bicyclic) bond motifs is 1. The second-order valence-electron chi connectivity index (χ2n) is 7.06. The summed E-state index contributed by atoms with van der Waals surface area (Å²) >= 11 is 0. The summed E-state index contributed by atoms with van der Waals surface area (Å²) in [5, 5.41) is 3.45. The molecule has 4 rings (SSSR count). The highest BCUT2D eigenvalue weighted by Crippen LogP contribution is 2.25. The van der Waals surface area contributed by atoms with Crippen LogP contribution in [0.2, 0.25) is 0 Å². The van der Waals surface area contributed by atoms with Gasteiger partial charge < -0.3 is 16.0 Å². The van der Waals surface area contributed by atoms with Gasteiger partial charge in [-0.25, -0.2) is 4.98 Å². The quantitative estimate of drug-likeness (QED) is 0.846. The summed E-state index contributed by atoms with van der Waals surface area (Å²) in [7, 11) is 0. The summed E-state index contributed by atoms with van der Waals surface area (Å²) in [5.74, 6) is 1.46. The number of aromatic nitrogens is 3. The highest BCUT2D eigenvalue weighted by Gasteiger charge is 2.22. The van der Waals surface area contributed by atoms with Crippen molar-refractivity contribution in [3.05, 3.63) is 41.3 Å². The molecule has 26 heavy (non-hydrogen) atoms. The van der Waals surface area contributed by atoms with Gasteiger partial charge in [0.25, 0.3) is 0 Å². The maximum Gasteiger partial charge on any atom is 0.222 e. The van der Waals surface area contributed by atoms with Gasteiger partial charge in [0.15, 0.2) is 0 Å². The van der Waals surface area contributed by atoms with E-state index in [9.17, 15) is 0 Å². The zero-order valence-electron chi connectivity index (χ0n) is 15.2. The number of nitrogens with zero attached hydrogens (tertiary/aromatic N) is 5. The molecule has 3 N–H and O–H groups in total. The average Bonchev–Trinajstić information content (AvgIpc) is 3.02. The number of anilines is 2. The molecule has 0 aliphatic carbocycles. The minimum absolute atomic E-state index is 0.400. The Morgan fingerprint density at radius 2 is 2.00 bits per heavy atom. The molecule has 0 aromatic carbocycles. The first kappa shape index (κ1) is 17.2. The van der Waals surface area contributed by atoms with E-state index in [0.29, 0.717) is 5.95 Å². The van der Waals surface area contributed by atoms with Gasteiger partial charge in [0.2, 0.25) is 5.95 Å². The molecular weight excluding hydrogens is 326 g/mol. The summed E-state index contributed by atoms with van der Waals surface area (Å²) in [6.07, 6.45) is 6.81. The Morgan fingerprint density at radius 1 is 1.08 bits per heavy atom. The molecule has 1 saturated heterocycles. The van der Waals surface area contributed by atoms with Gasteiger partial charge in [-0.05, 0) is 31.0 Å². The third-order valence-electron chi connectivity index (χ3n) is 5.20. The van der Waals surface area contributed by atoms with Crippen LogP contribution in [0.1, 0.15) is 23.2 Å². The van der Waals surface area contributed by atoms with Gasteiger partial charge in [-0.3, -0.25) is 9.88 Å². The molecule has 1 fully saturated rings. The molecule has 2 aromatic heterocycles. The van der Waals surface area contributed by atoms with Crippen LogP contribution < -0.4 is 16.0 Å². The lowest BCUT2D eigenvalue weighted by molar-refractivity contribution is 0.285. The molecule has 7 heteroatoms. The van der Waals surface area contributed by atoms with E-state index in [2.05, 4.69) is 36.1 Å². The van der Waals surface area contributed by atoms with E-state index in [4.69, 9.17) is 5.73 Å². The van der Waals surface area contributed by atoms with Crippen molar-refractivity contribution < 1.29 is 0 Å². The second kappa shape index (κ2) is 7.97. The molecule has 0 radical (unpaired) electrons. The largest absolute Gasteiger partial charge is 0.368 e. The van der Waals surface area contributed by atoms with Crippen molar-refractivity contribution in [3.63, 3.8) is 0 Å². The van der Waals surface area contributed by atoms with Crippen LogP contribution in [0.4, 0.5) is 11.8 Å². The zero-order chi connectivity index (χ0) is 17.8. The van der Waals surface area contributed by atoms with Crippen molar-refractivity contribution in [1.82, 2.24) is 25.2 Å². The fourth-order valence-electron chi connectivity index (χ4n) is 3.90. The fourth-order valence-corrected chi connectivity index (χ4v) is 3.90. The van der Waals surface area contributed by atoms with Crippen LogP contribution in [0.5, 0.6) is 0 Å². The van der Waals surface area contributed by atoms with Crippen molar-refractivity contribution in [2.45, 2.75) is 25.8 Å². The van der Waals surface area contributed by atoms with E-state index in [-0.39, 0.29) is 0 Å². The third-order valence-corrected chi connectivity index (χ3v) is 5.20. The predicted octanol–water partition coefficient (Wildman–Crippen LogP) is 0.854. The van der Waals surface area contributed by atoms with Crippen LogP contribution in [0.3, 0.4) is 0 Å². The summed E-state index contributed by atoms with van der Waals surface area (Å²) in [6, 6.07) is 4.15. The molecule has 138 valence electrons. The van der Waals surface area contributed by atoms with Gasteiger partial charge >= 0.3 is 0 Å². The van der Waals surface area contributed by atoms with Gasteiger partial charge in [0, 0.05) is 63.6 Å². The number of nitrogens with one attached hydrogen (secondary N) is 1. The summed E-state index contributed by atoms with van der Waals surface area (Å²) in [6.45, 7) is 6.99. The van der Waals surface area contributed by atoms with Crippen LogP contribution in [0, 0.1) is 0 Å². The molecule has 4 heterocycles. The maximum absolute atomic E-state index is 6.02. The summed E-state index contributed by atoms with van der Waals surface area (Å²) in [5.41, 5.74) is 9.69. The van der Waals surface area contributed by atoms with E-state index in [1.54, 1.807) is 0 Å². The first-order chi connectivity index (χ1) is 12.8. The monoisotopic (exact) mass is 353 g/mol. The Hall–Kier alpha value is -2.25. The van der Waals surface area contributed by atoms with Gasteiger partial charge in [-0.1, -0.05) is 6.07 Å². The topological polar surface area (TPSA) is 83.2 Å². The maximum atomic E-state index is 6.02. The highest BCUT2D eigenvalue weighted by atomic mass is 15.3. The number of nitrogens with two attached hydrogens (primary N) is 1. The standard InChI is InChI=1S/C19H27N7/c20-19-23-17-5-8-21-7-4-16(17)18(24-19)26-10-2-9-25(11-12-26)14-15-3-1-6-22-13-15/h1,3,6,13,21H,2,4-5,7-12,14H2,(H2,20,23,24). The third kappa shape index (κ3) is 3.94. The number of hydrogen-bond donors (Lipinski definition) is 2. The smallest absolute Gasteiger partial charge is 0.222 e. The van der Waals surface area contributed by atoms with Gasteiger partial charge in [0.05, 0.1) is 5.69 Å². The number of rotatable bonds is 3. The minimum Gasteiger partial charge on any atom is -0.368 e. The van der Waals surface area contributed by atoms with Crippen LogP contribution in [-0.4, -0.2) is 59.1 Å². The molecule has 0 spiro atoms. The second-order valence-corrected chi connectivity index (χ2v) is 7.06. The van der Waals surface area contributed by atoms with Crippen molar-refractivity contribution in [2.75, 3.05) is 49.9 Å². The highest BCUT2D eigenvalue weighted by molar-refractivity contribution is 5.53. The molecule has 7 nitrogen and oxygen atoms in total. The molecule has 0 atom stereocenters. The number of pyridine rings is 1. The lowest BCUT2D eigenvalue weighted by atomic mass is 10.1. The van der Waals surface area contributed by atoms with Crippen molar-refractivity contribution in [1.29, 1.82) is 0 Å². The van der Waals surface area contributed by atoms with Crippen LogP contribution >= 0.6 is 0 Å². The van der Waals surface area contributed by atoms with Gasteiger partial charge in [0.1, 0.15) is 5.82 Å². The van der Waals surface area contributed by atoms with E-state index in [1.165, 1.54) is 11.1 Å². The molecule has 0 unspecified atom stereocenters. The molecule has 0 saturated carbocycles. The molecule has 0 amide bonds. The van der Waals surface area contributed by atoms with Gasteiger partial charge in [-0.2, -0.15) is 4.98 Å². The lowest BCUT2D eigenvalue weighted by Gasteiger charge is -2.25. The first-order valence-corrected chi connectivity index (χ1v) is 9.52. The fraction of sp³-hybridized carbons (Fsp3) is 0.526. The number of hydrogen-bond acceptors (Lipinski definition) is 7.